The van der Waals surface area contributed by atoms with Crippen LogP contribution in [0.4, 0.5) is 0 Å². The van der Waals surface area contributed by atoms with Crippen molar-refractivity contribution in [2.45, 2.75) is 24.6 Å². The van der Waals surface area contributed by atoms with Crippen LogP contribution in [0.3, 0.4) is 0 Å². The minimum atomic E-state index is -1.02. The van der Waals surface area contributed by atoms with Gasteiger partial charge in [0.25, 0.3) is 0 Å². The summed E-state index contributed by atoms with van der Waals surface area (Å²) >= 11 is 3.98. The molecule has 0 aromatic heterocycles. The third-order valence-corrected chi connectivity index (χ3v) is 1.31. The molecule has 0 rings (SSSR count). The van der Waals surface area contributed by atoms with Crippen LogP contribution in [0.15, 0.2) is 0 Å². The first-order valence-electron chi connectivity index (χ1n) is 2.56. The van der Waals surface area contributed by atoms with E-state index in [-0.39, 0.29) is 54.0 Å². The summed E-state index contributed by atoms with van der Waals surface area (Å²) in [6.45, 7) is 3.32. The van der Waals surface area contributed by atoms with E-state index in [1.54, 1.807) is 13.8 Å². The van der Waals surface area contributed by atoms with E-state index >= 15 is 0 Å². The summed E-state index contributed by atoms with van der Waals surface area (Å²) in [5, 5.41) is 8.34. The maximum atomic E-state index is 10.2. The standard InChI is InChI=1S/C5H11NO2S.4H2S/c1-5(2,9)3(6)4(7)8;;;;/h3,9H,6H2,1-2H3,(H,7,8);4*1H2/t3-;;;;/m0..../s1. The number of rotatable bonds is 2. The van der Waals surface area contributed by atoms with Crippen LogP contribution >= 0.6 is 66.6 Å². The molecule has 3 nitrogen and oxygen atoms in total. The molecule has 0 saturated heterocycles. The molecule has 0 aliphatic heterocycles. The Labute approximate surface area is 112 Å². The highest BCUT2D eigenvalue weighted by atomic mass is 32.1. The van der Waals surface area contributed by atoms with Crippen molar-refractivity contribution in [3.63, 3.8) is 0 Å². The molecular weight excluding hydrogens is 266 g/mol. The fourth-order valence-electron chi connectivity index (χ4n) is 0.302. The minimum Gasteiger partial charge on any atom is -0.480 e. The smallest absolute Gasteiger partial charge is 0.321 e. The van der Waals surface area contributed by atoms with Crippen LogP contribution in [0.5, 0.6) is 0 Å². The van der Waals surface area contributed by atoms with Gasteiger partial charge >= 0.3 is 5.97 Å². The summed E-state index contributed by atoms with van der Waals surface area (Å²) in [5.74, 6) is -1.02. The van der Waals surface area contributed by atoms with Crippen molar-refractivity contribution in [3.05, 3.63) is 0 Å². The molecule has 3 N–H and O–H groups in total. The van der Waals surface area contributed by atoms with Gasteiger partial charge < -0.3 is 10.8 Å². The highest BCUT2D eigenvalue weighted by molar-refractivity contribution is 7.81. The normalized spacial score (nSPS) is 10.5. The summed E-state index contributed by atoms with van der Waals surface area (Å²) in [5.41, 5.74) is 5.22. The van der Waals surface area contributed by atoms with Gasteiger partial charge in [-0.2, -0.15) is 66.6 Å². The molecule has 0 unspecified atom stereocenters. The SMILES string of the molecule is CC(C)(S)[C@@H](N)C(=O)O.S.S.S.S. The van der Waals surface area contributed by atoms with Gasteiger partial charge in [-0.05, 0) is 13.8 Å². The van der Waals surface area contributed by atoms with Gasteiger partial charge in [-0.15, -0.1) is 0 Å². The van der Waals surface area contributed by atoms with Crippen molar-refractivity contribution < 1.29 is 9.90 Å². The lowest BCUT2D eigenvalue weighted by Crippen LogP contribution is -2.45. The summed E-state index contributed by atoms with van der Waals surface area (Å²) < 4.78 is -0.647. The molecule has 0 amide bonds. The number of carbonyl (C=O) groups is 1. The van der Waals surface area contributed by atoms with Crippen LogP contribution in [0.25, 0.3) is 0 Å². The quantitative estimate of drug-likeness (QED) is 0.650. The fraction of sp³-hybridized carbons (Fsp3) is 0.800. The van der Waals surface area contributed by atoms with Gasteiger partial charge in [0.15, 0.2) is 0 Å². The van der Waals surface area contributed by atoms with E-state index in [0.717, 1.165) is 0 Å². The van der Waals surface area contributed by atoms with Crippen LogP contribution in [-0.2, 0) is 4.79 Å². The molecule has 0 fully saturated rings. The number of carboxylic acid groups (broad SMARTS) is 1. The average Bonchev–Trinajstić information content (AvgIpc) is 1.62. The van der Waals surface area contributed by atoms with Gasteiger partial charge in [0, 0.05) is 4.75 Å². The van der Waals surface area contributed by atoms with Gasteiger partial charge in [-0.25, -0.2) is 0 Å². The van der Waals surface area contributed by atoms with Crippen LogP contribution in [0.2, 0.25) is 0 Å². The van der Waals surface area contributed by atoms with E-state index in [4.69, 9.17) is 10.8 Å². The summed E-state index contributed by atoms with van der Waals surface area (Å²) in [6, 6.07) is -0.902. The van der Waals surface area contributed by atoms with Crippen molar-refractivity contribution in [2.75, 3.05) is 0 Å². The molecule has 0 saturated carbocycles. The van der Waals surface area contributed by atoms with Crippen molar-refractivity contribution in [3.8, 4) is 0 Å². The maximum absolute atomic E-state index is 10.2. The third-order valence-electron chi connectivity index (χ3n) is 1.03. The second-order valence-electron chi connectivity index (χ2n) is 2.47. The van der Waals surface area contributed by atoms with Crippen molar-refractivity contribution in [1.82, 2.24) is 0 Å². The minimum absolute atomic E-state index is 0. The fourth-order valence-corrected chi connectivity index (χ4v) is 0.413. The Morgan fingerprint density at radius 2 is 1.54 bits per heavy atom. The number of hydrogen-bond acceptors (Lipinski definition) is 3. The van der Waals surface area contributed by atoms with E-state index < -0.39 is 16.8 Å². The molecule has 0 heterocycles. The molecular formula is C5H19NO2S5. The molecule has 0 aliphatic rings. The lowest BCUT2D eigenvalue weighted by molar-refractivity contribution is -0.139. The Balaban J connectivity index is -0.0000000533. The Morgan fingerprint density at radius 1 is 1.31 bits per heavy atom. The zero-order valence-corrected chi connectivity index (χ0v) is 12.4. The largest absolute Gasteiger partial charge is 0.480 e. The molecule has 0 aliphatic carbocycles. The molecule has 0 aromatic rings. The molecule has 0 radical (unpaired) electrons. The lowest BCUT2D eigenvalue weighted by Gasteiger charge is -2.21. The number of thiol groups is 1. The highest BCUT2D eigenvalue weighted by Gasteiger charge is 2.27. The van der Waals surface area contributed by atoms with E-state index in [2.05, 4.69) is 12.6 Å². The van der Waals surface area contributed by atoms with Crippen LogP contribution in [0, 0.1) is 0 Å². The second-order valence-corrected chi connectivity index (χ2v) is 3.62. The first-order chi connectivity index (χ1) is 3.85. The van der Waals surface area contributed by atoms with Gasteiger partial charge in [0.05, 0.1) is 0 Å². The van der Waals surface area contributed by atoms with E-state index in [1.807, 2.05) is 0 Å². The Morgan fingerprint density at radius 3 is 1.54 bits per heavy atom. The van der Waals surface area contributed by atoms with E-state index in [1.165, 1.54) is 0 Å². The first-order valence-corrected chi connectivity index (χ1v) is 3.01. The Hall–Kier alpha value is 1.18. The Bertz CT molecular complexity index is 127. The van der Waals surface area contributed by atoms with Gasteiger partial charge in [-0.1, -0.05) is 0 Å². The topological polar surface area (TPSA) is 63.3 Å². The lowest BCUT2D eigenvalue weighted by atomic mass is 10.1. The van der Waals surface area contributed by atoms with E-state index in [9.17, 15) is 4.79 Å². The number of nitrogens with two attached hydrogens (primary N) is 1. The van der Waals surface area contributed by atoms with Crippen molar-refractivity contribution in [2.24, 2.45) is 5.73 Å². The highest BCUT2D eigenvalue weighted by Crippen LogP contribution is 2.15. The predicted molar refractivity (Wildman–Crippen MR) is 80.2 cm³/mol. The predicted octanol–water partition coefficient (Wildman–Crippen LogP) is 0.558. The van der Waals surface area contributed by atoms with Crippen molar-refractivity contribution >= 4 is 72.6 Å². The average molecular weight is 286 g/mol. The molecule has 8 heteroatoms. The van der Waals surface area contributed by atoms with Crippen molar-refractivity contribution in [1.29, 1.82) is 0 Å². The molecule has 0 bridgehead atoms. The Kier molecular flexibility index (Phi) is 25.3. The monoisotopic (exact) mass is 285 g/mol. The number of hydrogen-bond donors (Lipinski definition) is 3. The molecule has 0 aromatic carbocycles. The van der Waals surface area contributed by atoms with Crippen LogP contribution in [0.1, 0.15) is 13.8 Å². The molecule has 86 valence electrons. The van der Waals surface area contributed by atoms with Gasteiger partial charge in [-0.3, -0.25) is 4.79 Å². The molecule has 1 atom stereocenters. The molecule has 13 heavy (non-hydrogen) atoms. The van der Waals surface area contributed by atoms with Gasteiger partial charge in [0.2, 0.25) is 0 Å². The number of aliphatic carboxylic acids is 1. The summed E-state index contributed by atoms with van der Waals surface area (Å²) in [6.07, 6.45) is 0. The maximum Gasteiger partial charge on any atom is 0.321 e. The zero-order chi connectivity index (χ0) is 7.65. The summed E-state index contributed by atoms with van der Waals surface area (Å²) in [4.78, 5) is 10.2. The van der Waals surface area contributed by atoms with Gasteiger partial charge in [0.1, 0.15) is 6.04 Å². The van der Waals surface area contributed by atoms with Crippen LogP contribution in [-0.4, -0.2) is 21.9 Å². The third kappa shape index (κ3) is 13.2. The summed E-state index contributed by atoms with van der Waals surface area (Å²) in [7, 11) is 0. The first kappa shape index (κ1) is 29.2. The van der Waals surface area contributed by atoms with Crippen LogP contribution < -0.4 is 5.73 Å². The number of carboxylic acids is 1. The second kappa shape index (κ2) is 11.3. The molecule has 0 spiro atoms. The zero-order valence-electron chi connectivity index (χ0n) is 7.46. The van der Waals surface area contributed by atoms with E-state index in [0.29, 0.717) is 0 Å².